The van der Waals surface area contributed by atoms with E-state index < -0.39 is 0 Å². The molecule has 0 heterocycles. The summed E-state index contributed by atoms with van der Waals surface area (Å²) in [6.45, 7) is 10.5. The topological polar surface area (TPSA) is 35.5 Å². The fourth-order valence-corrected chi connectivity index (χ4v) is 2.68. The van der Waals surface area contributed by atoms with Crippen LogP contribution in [0.5, 0.6) is 5.75 Å². The van der Waals surface area contributed by atoms with Crippen molar-refractivity contribution < 1.29 is 14.6 Å². The molecule has 2 aromatic carbocycles. The van der Waals surface area contributed by atoms with Crippen LogP contribution >= 0.6 is 0 Å². The Morgan fingerprint density at radius 2 is 1.48 bits per heavy atom. The highest BCUT2D eigenvalue weighted by atomic mass is 17.2. The van der Waals surface area contributed by atoms with Crippen LogP contribution < -0.4 is 4.89 Å². The number of hydrogen-bond donors (Lipinski definition) is 0. The van der Waals surface area contributed by atoms with Crippen molar-refractivity contribution in [3.8, 4) is 5.75 Å². The molecule has 0 spiro atoms. The predicted octanol–water partition coefficient (Wildman–Crippen LogP) is 5.68. The molecule has 3 nitrogen and oxygen atoms in total. The zero-order chi connectivity index (χ0) is 18.5. The van der Waals surface area contributed by atoms with Gasteiger partial charge in [-0.2, -0.15) is 0 Å². The Morgan fingerprint density at radius 3 is 2.12 bits per heavy atom. The maximum Gasteiger partial charge on any atom is 0.355 e. The fraction of sp³-hybridized carbons (Fsp3) is 0.409. The maximum atomic E-state index is 11.9. The minimum absolute atomic E-state index is 0.0895. The van der Waals surface area contributed by atoms with E-state index in [1.165, 1.54) is 5.56 Å². The Morgan fingerprint density at radius 1 is 0.880 bits per heavy atom. The highest BCUT2D eigenvalue weighted by Crippen LogP contribution is 2.37. The van der Waals surface area contributed by atoms with Crippen LogP contribution in [0.4, 0.5) is 0 Å². The lowest BCUT2D eigenvalue weighted by Gasteiger charge is -2.27. The van der Waals surface area contributed by atoms with Gasteiger partial charge >= 0.3 is 5.97 Å². The molecule has 0 aliphatic carbocycles. The Labute approximate surface area is 150 Å². The lowest BCUT2D eigenvalue weighted by atomic mass is 9.78. The molecule has 134 valence electrons. The van der Waals surface area contributed by atoms with Crippen LogP contribution in [0.3, 0.4) is 0 Å². The van der Waals surface area contributed by atoms with Gasteiger partial charge in [0.15, 0.2) is 5.75 Å². The standard InChI is InChI=1S/C22H28O3/c1-21(2,3)16-15-20(23)25-24-19-14-10-9-13-18(19)22(4,5)17-11-7-6-8-12-17/h6-14H,15-16H2,1-5H3. The second-order valence-electron chi connectivity index (χ2n) is 8.09. The summed E-state index contributed by atoms with van der Waals surface area (Å²) >= 11 is 0. The summed E-state index contributed by atoms with van der Waals surface area (Å²) in [7, 11) is 0. The second kappa shape index (κ2) is 7.73. The number of rotatable bonds is 6. The largest absolute Gasteiger partial charge is 0.355 e. The third-order valence-electron chi connectivity index (χ3n) is 4.36. The zero-order valence-electron chi connectivity index (χ0n) is 15.8. The van der Waals surface area contributed by atoms with Crippen LogP contribution in [0, 0.1) is 5.41 Å². The molecular weight excluding hydrogens is 312 g/mol. The van der Waals surface area contributed by atoms with Gasteiger partial charge in [0.1, 0.15) is 0 Å². The number of hydrogen-bond acceptors (Lipinski definition) is 3. The van der Waals surface area contributed by atoms with Crippen molar-refractivity contribution in [1.29, 1.82) is 0 Å². The summed E-state index contributed by atoms with van der Waals surface area (Å²) in [5.41, 5.74) is 1.97. The molecule has 3 heteroatoms. The van der Waals surface area contributed by atoms with Crippen LogP contribution in [-0.4, -0.2) is 5.97 Å². The average Bonchev–Trinajstić information content (AvgIpc) is 2.58. The van der Waals surface area contributed by atoms with Gasteiger partial charge in [-0.1, -0.05) is 83.1 Å². The Balaban J connectivity index is 2.12. The van der Waals surface area contributed by atoms with Crippen LogP contribution in [0.1, 0.15) is 58.6 Å². The Kier molecular flexibility index (Phi) is 5.89. The van der Waals surface area contributed by atoms with Crippen molar-refractivity contribution in [3.05, 3.63) is 65.7 Å². The smallest absolute Gasteiger partial charge is 0.287 e. The van der Waals surface area contributed by atoms with Crippen molar-refractivity contribution in [2.75, 3.05) is 0 Å². The molecule has 0 saturated heterocycles. The number of carbonyl (C=O) groups excluding carboxylic acids is 1. The van der Waals surface area contributed by atoms with Crippen molar-refractivity contribution in [1.82, 2.24) is 0 Å². The van der Waals surface area contributed by atoms with E-state index in [4.69, 9.17) is 9.78 Å². The monoisotopic (exact) mass is 340 g/mol. The molecule has 0 N–H and O–H groups in total. The van der Waals surface area contributed by atoms with E-state index in [1.807, 2.05) is 42.5 Å². The zero-order valence-corrected chi connectivity index (χ0v) is 15.8. The van der Waals surface area contributed by atoms with E-state index >= 15 is 0 Å². The molecule has 0 aliphatic rings. The Bertz CT molecular complexity index is 697. The average molecular weight is 340 g/mol. The molecule has 0 fully saturated rings. The van der Waals surface area contributed by atoms with Gasteiger partial charge in [-0.05, 0) is 23.5 Å². The molecule has 0 atom stereocenters. The normalized spacial score (nSPS) is 11.9. The van der Waals surface area contributed by atoms with E-state index in [9.17, 15) is 4.79 Å². The molecule has 25 heavy (non-hydrogen) atoms. The summed E-state index contributed by atoms with van der Waals surface area (Å²) in [5.74, 6) is 0.225. The van der Waals surface area contributed by atoms with Gasteiger partial charge in [0, 0.05) is 11.0 Å². The van der Waals surface area contributed by atoms with Crippen LogP contribution in [0.2, 0.25) is 0 Å². The third kappa shape index (κ3) is 5.35. The molecule has 0 unspecified atom stereocenters. The highest BCUT2D eigenvalue weighted by Gasteiger charge is 2.27. The van der Waals surface area contributed by atoms with Crippen LogP contribution in [0.25, 0.3) is 0 Å². The lowest BCUT2D eigenvalue weighted by molar-refractivity contribution is -0.214. The molecule has 0 radical (unpaired) electrons. The molecule has 2 aromatic rings. The number of carbonyl (C=O) groups is 1. The van der Waals surface area contributed by atoms with Crippen LogP contribution in [0.15, 0.2) is 54.6 Å². The molecule has 0 saturated carbocycles. The molecule has 0 aromatic heterocycles. The van der Waals surface area contributed by atoms with Gasteiger partial charge in [0.25, 0.3) is 0 Å². The number of benzene rings is 2. The first-order valence-electron chi connectivity index (χ1n) is 8.72. The van der Waals surface area contributed by atoms with Gasteiger partial charge in [-0.15, -0.1) is 0 Å². The van der Waals surface area contributed by atoms with Crippen molar-refractivity contribution in [2.45, 2.75) is 52.9 Å². The van der Waals surface area contributed by atoms with Crippen LogP contribution in [-0.2, 0) is 15.1 Å². The summed E-state index contributed by atoms with van der Waals surface area (Å²) in [5, 5.41) is 0. The van der Waals surface area contributed by atoms with Gasteiger partial charge in [0.2, 0.25) is 0 Å². The van der Waals surface area contributed by atoms with E-state index in [-0.39, 0.29) is 16.8 Å². The maximum absolute atomic E-state index is 11.9. The first-order valence-corrected chi connectivity index (χ1v) is 8.72. The summed E-state index contributed by atoms with van der Waals surface area (Å²) in [6.07, 6.45) is 1.10. The van der Waals surface area contributed by atoms with E-state index in [2.05, 4.69) is 46.8 Å². The van der Waals surface area contributed by atoms with Crippen molar-refractivity contribution in [3.63, 3.8) is 0 Å². The molecule has 0 bridgehead atoms. The first kappa shape index (κ1) is 19.0. The summed E-state index contributed by atoms with van der Waals surface area (Å²) in [6, 6.07) is 17.9. The molecule has 2 rings (SSSR count). The van der Waals surface area contributed by atoms with Gasteiger partial charge in [-0.3, -0.25) is 9.78 Å². The molecule has 0 aliphatic heterocycles. The van der Waals surface area contributed by atoms with Crippen molar-refractivity contribution >= 4 is 5.97 Å². The van der Waals surface area contributed by atoms with Gasteiger partial charge in [-0.25, -0.2) is 4.79 Å². The second-order valence-corrected chi connectivity index (χ2v) is 8.09. The highest BCUT2D eigenvalue weighted by molar-refractivity contribution is 5.68. The van der Waals surface area contributed by atoms with E-state index in [1.54, 1.807) is 0 Å². The predicted molar refractivity (Wildman–Crippen MR) is 100 cm³/mol. The summed E-state index contributed by atoms with van der Waals surface area (Å²) in [4.78, 5) is 22.4. The Hall–Kier alpha value is -2.29. The minimum Gasteiger partial charge on any atom is -0.287 e. The van der Waals surface area contributed by atoms with Gasteiger partial charge < -0.3 is 0 Å². The lowest BCUT2D eigenvalue weighted by Crippen LogP contribution is -2.21. The summed E-state index contributed by atoms with van der Waals surface area (Å²) < 4.78 is 0. The SMILES string of the molecule is CC(C)(C)CCC(=O)OOc1ccccc1C(C)(C)c1ccccc1. The van der Waals surface area contributed by atoms with Crippen molar-refractivity contribution in [2.24, 2.45) is 5.41 Å². The van der Waals surface area contributed by atoms with E-state index in [0.29, 0.717) is 12.2 Å². The first-order chi connectivity index (χ1) is 11.7. The minimum atomic E-state index is -0.345. The van der Waals surface area contributed by atoms with E-state index in [0.717, 1.165) is 12.0 Å². The quantitative estimate of drug-likeness (QED) is 0.501. The van der Waals surface area contributed by atoms with Gasteiger partial charge in [0.05, 0.1) is 6.42 Å². The number of para-hydroxylation sites is 1. The molecular formula is C22H28O3. The molecule has 0 amide bonds. The third-order valence-corrected chi connectivity index (χ3v) is 4.36. The fourth-order valence-electron chi connectivity index (χ4n) is 2.68.